The summed E-state index contributed by atoms with van der Waals surface area (Å²) in [4.78, 5) is 26.1. The third kappa shape index (κ3) is 8.27. The van der Waals surface area contributed by atoms with Gasteiger partial charge in [0.1, 0.15) is 0 Å². The standard InChI is InChI=1S/C16H31N3O2S.ClH/c1-3-4-5-9-18-15(20)13-6-10-19(11-7-13)16(21)14(17)8-12-22-2;/h13-14H,3-12,17H2,1-2H3,(H,18,20);1H/t14-;/m0./s1. The predicted octanol–water partition coefficient (Wildman–Crippen LogP) is 2.03. The molecule has 1 heterocycles. The number of rotatable bonds is 9. The molecule has 1 fully saturated rings. The first-order chi connectivity index (χ1) is 10.6. The zero-order valence-corrected chi connectivity index (χ0v) is 16.0. The number of hydrogen-bond donors (Lipinski definition) is 2. The molecule has 0 spiro atoms. The van der Waals surface area contributed by atoms with Gasteiger partial charge in [-0.1, -0.05) is 19.8 Å². The van der Waals surface area contributed by atoms with Gasteiger partial charge in [0, 0.05) is 25.6 Å². The van der Waals surface area contributed by atoms with Gasteiger partial charge in [-0.3, -0.25) is 9.59 Å². The van der Waals surface area contributed by atoms with Crippen molar-refractivity contribution < 1.29 is 9.59 Å². The van der Waals surface area contributed by atoms with Crippen LogP contribution in [0.1, 0.15) is 45.4 Å². The van der Waals surface area contributed by atoms with E-state index in [-0.39, 0.29) is 30.1 Å². The number of halogens is 1. The molecule has 0 unspecified atom stereocenters. The normalized spacial score (nSPS) is 16.6. The molecule has 0 aliphatic carbocycles. The molecule has 2 amide bonds. The van der Waals surface area contributed by atoms with E-state index >= 15 is 0 Å². The molecular weight excluding hydrogens is 334 g/mol. The van der Waals surface area contributed by atoms with E-state index in [1.807, 2.05) is 11.2 Å². The Morgan fingerprint density at radius 2 is 1.96 bits per heavy atom. The highest BCUT2D eigenvalue weighted by Gasteiger charge is 2.29. The number of carbonyl (C=O) groups is 2. The van der Waals surface area contributed by atoms with Crippen molar-refractivity contribution >= 4 is 36.0 Å². The molecule has 136 valence electrons. The number of unbranched alkanes of at least 4 members (excludes halogenated alkanes) is 2. The molecule has 23 heavy (non-hydrogen) atoms. The van der Waals surface area contributed by atoms with E-state index in [9.17, 15) is 9.59 Å². The van der Waals surface area contributed by atoms with Crippen molar-refractivity contribution in [1.82, 2.24) is 10.2 Å². The summed E-state index contributed by atoms with van der Waals surface area (Å²) in [5, 5.41) is 3.01. The Bertz CT molecular complexity index is 350. The van der Waals surface area contributed by atoms with Crippen LogP contribution in [0.25, 0.3) is 0 Å². The summed E-state index contributed by atoms with van der Waals surface area (Å²) in [6, 6.07) is -0.396. The van der Waals surface area contributed by atoms with Gasteiger partial charge in [-0.25, -0.2) is 0 Å². The number of nitrogens with one attached hydrogen (secondary N) is 1. The Hall–Kier alpha value is -0.460. The first kappa shape index (κ1) is 22.5. The second-order valence-electron chi connectivity index (χ2n) is 5.99. The van der Waals surface area contributed by atoms with Crippen LogP contribution in [0.5, 0.6) is 0 Å². The lowest BCUT2D eigenvalue weighted by Crippen LogP contribution is -2.49. The second-order valence-corrected chi connectivity index (χ2v) is 6.97. The molecule has 0 saturated carbocycles. The largest absolute Gasteiger partial charge is 0.356 e. The number of nitrogens with two attached hydrogens (primary N) is 1. The van der Waals surface area contributed by atoms with Gasteiger partial charge in [0.15, 0.2) is 0 Å². The Morgan fingerprint density at radius 1 is 1.30 bits per heavy atom. The molecule has 1 atom stereocenters. The average molecular weight is 366 g/mol. The zero-order chi connectivity index (χ0) is 16.4. The summed E-state index contributed by atoms with van der Waals surface area (Å²) < 4.78 is 0. The summed E-state index contributed by atoms with van der Waals surface area (Å²) in [7, 11) is 0. The fourth-order valence-electron chi connectivity index (χ4n) is 2.70. The number of piperidine rings is 1. The molecular formula is C16H32ClN3O2S. The highest BCUT2D eigenvalue weighted by Crippen LogP contribution is 2.18. The molecule has 0 bridgehead atoms. The number of likely N-dealkylation sites (tertiary alicyclic amines) is 1. The van der Waals surface area contributed by atoms with E-state index < -0.39 is 6.04 Å². The van der Waals surface area contributed by atoms with Crippen LogP contribution in [0.3, 0.4) is 0 Å². The van der Waals surface area contributed by atoms with Crippen molar-refractivity contribution in [3.8, 4) is 0 Å². The average Bonchev–Trinajstić information content (AvgIpc) is 2.55. The quantitative estimate of drug-likeness (QED) is 0.613. The van der Waals surface area contributed by atoms with Crippen molar-refractivity contribution in [1.29, 1.82) is 0 Å². The van der Waals surface area contributed by atoms with Crippen molar-refractivity contribution in [3.05, 3.63) is 0 Å². The molecule has 1 rings (SSSR count). The van der Waals surface area contributed by atoms with Crippen molar-refractivity contribution in [2.45, 2.75) is 51.5 Å². The van der Waals surface area contributed by atoms with E-state index in [1.165, 1.54) is 0 Å². The minimum Gasteiger partial charge on any atom is -0.356 e. The molecule has 5 nitrogen and oxygen atoms in total. The maximum Gasteiger partial charge on any atom is 0.239 e. The summed E-state index contributed by atoms with van der Waals surface area (Å²) in [5.74, 6) is 1.14. The maximum atomic E-state index is 12.2. The fraction of sp³-hybridized carbons (Fsp3) is 0.875. The highest BCUT2D eigenvalue weighted by molar-refractivity contribution is 7.98. The SMILES string of the molecule is CCCCCNC(=O)C1CCN(C(=O)[C@@H](N)CCSC)CC1.Cl. The van der Waals surface area contributed by atoms with Crippen LogP contribution in [-0.4, -0.2) is 54.4 Å². The summed E-state index contributed by atoms with van der Waals surface area (Å²) in [6.07, 6.45) is 7.60. The lowest BCUT2D eigenvalue weighted by atomic mass is 9.95. The lowest BCUT2D eigenvalue weighted by Gasteiger charge is -2.33. The number of amides is 2. The Balaban J connectivity index is 0.00000484. The molecule has 0 aromatic carbocycles. The van der Waals surface area contributed by atoms with Crippen LogP contribution in [0.15, 0.2) is 0 Å². The monoisotopic (exact) mass is 365 g/mol. The second kappa shape index (κ2) is 12.9. The molecule has 0 aromatic heterocycles. The third-order valence-electron chi connectivity index (χ3n) is 4.21. The van der Waals surface area contributed by atoms with Gasteiger partial charge in [0.05, 0.1) is 6.04 Å². The molecule has 7 heteroatoms. The van der Waals surface area contributed by atoms with Crippen LogP contribution in [-0.2, 0) is 9.59 Å². The molecule has 1 saturated heterocycles. The minimum atomic E-state index is -0.396. The lowest BCUT2D eigenvalue weighted by molar-refractivity contribution is -0.136. The fourth-order valence-corrected chi connectivity index (χ4v) is 3.19. The Morgan fingerprint density at radius 3 is 2.52 bits per heavy atom. The third-order valence-corrected chi connectivity index (χ3v) is 4.85. The molecule has 0 radical (unpaired) electrons. The molecule has 3 N–H and O–H groups in total. The van der Waals surface area contributed by atoms with Crippen molar-refractivity contribution in [2.24, 2.45) is 11.7 Å². The van der Waals surface area contributed by atoms with E-state index in [1.54, 1.807) is 11.8 Å². The van der Waals surface area contributed by atoms with Crippen LogP contribution in [0.4, 0.5) is 0 Å². The van der Waals surface area contributed by atoms with Gasteiger partial charge in [0.25, 0.3) is 0 Å². The highest BCUT2D eigenvalue weighted by atomic mass is 35.5. The topological polar surface area (TPSA) is 75.4 Å². The number of carbonyl (C=O) groups excluding carboxylic acids is 2. The van der Waals surface area contributed by atoms with E-state index in [2.05, 4.69) is 12.2 Å². The van der Waals surface area contributed by atoms with Gasteiger partial charge in [-0.05, 0) is 37.7 Å². The molecule has 0 aromatic rings. The molecule has 1 aliphatic heterocycles. The molecule has 1 aliphatic rings. The summed E-state index contributed by atoms with van der Waals surface area (Å²) >= 11 is 1.71. The first-order valence-corrected chi connectivity index (χ1v) is 9.80. The van der Waals surface area contributed by atoms with Crippen molar-refractivity contribution in [3.63, 3.8) is 0 Å². The summed E-state index contributed by atoms with van der Waals surface area (Å²) in [5.41, 5.74) is 5.94. The van der Waals surface area contributed by atoms with Gasteiger partial charge < -0.3 is 16.0 Å². The van der Waals surface area contributed by atoms with Crippen molar-refractivity contribution in [2.75, 3.05) is 31.6 Å². The smallest absolute Gasteiger partial charge is 0.239 e. The predicted molar refractivity (Wildman–Crippen MR) is 100 cm³/mol. The van der Waals surface area contributed by atoms with Gasteiger partial charge in [-0.2, -0.15) is 11.8 Å². The zero-order valence-electron chi connectivity index (χ0n) is 14.4. The Labute approximate surface area is 150 Å². The number of nitrogens with zero attached hydrogens (tertiary/aromatic N) is 1. The van der Waals surface area contributed by atoms with Crippen LogP contribution in [0.2, 0.25) is 0 Å². The van der Waals surface area contributed by atoms with E-state index in [4.69, 9.17) is 5.73 Å². The van der Waals surface area contributed by atoms with Gasteiger partial charge in [0.2, 0.25) is 11.8 Å². The van der Waals surface area contributed by atoms with Crippen LogP contribution in [0, 0.1) is 5.92 Å². The van der Waals surface area contributed by atoms with E-state index in [0.717, 1.165) is 50.8 Å². The number of hydrogen-bond acceptors (Lipinski definition) is 4. The van der Waals surface area contributed by atoms with E-state index in [0.29, 0.717) is 13.1 Å². The minimum absolute atomic E-state index is 0. The first-order valence-electron chi connectivity index (χ1n) is 8.41. The summed E-state index contributed by atoms with van der Waals surface area (Å²) in [6.45, 7) is 4.22. The maximum absolute atomic E-state index is 12.2. The number of thioether (sulfide) groups is 1. The van der Waals surface area contributed by atoms with Crippen LogP contribution >= 0.6 is 24.2 Å². The van der Waals surface area contributed by atoms with Gasteiger partial charge >= 0.3 is 0 Å². The van der Waals surface area contributed by atoms with Gasteiger partial charge in [-0.15, -0.1) is 12.4 Å². The van der Waals surface area contributed by atoms with Crippen LogP contribution < -0.4 is 11.1 Å². The Kier molecular flexibility index (Phi) is 12.6.